The normalized spacial score (nSPS) is 12.5. The fraction of sp³-hybridized carbons (Fsp3) is 0.455. The van der Waals surface area contributed by atoms with Gasteiger partial charge in [0, 0.05) is 5.02 Å². The van der Waals surface area contributed by atoms with Gasteiger partial charge in [0.2, 0.25) is 0 Å². The fourth-order valence-electron chi connectivity index (χ4n) is 1.36. The predicted octanol–water partition coefficient (Wildman–Crippen LogP) is 1.63. The molecule has 0 aliphatic heterocycles. The molecular formula is C11H15ClO3. The van der Waals surface area contributed by atoms with Gasteiger partial charge in [0.25, 0.3) is 0 Å². The first-order chi connectivity index (χ1) is 7.17. The summed E-state index contributed by atoms with van der Waals surface area (Å²) in [5.41, 5.74) is 0.942. The van der Waals surface area contributed by atoms with E-state index in [1.165, 1.54) is 0 Å². The lowest BCUT2D eigenvalue weighted by molar-refractivity contribution is 0.0884. The molecule has 0 spiro atoms. The van der Waals surface area contributed by atoms with Crippen molar-refractivity contribution < 1.29 is 14.9 Å². The van der Waals surface area contributed by atoms with E-state index in [1.54, 1.807) is 19.2 Å². The van der Waals surface area contributed by atoms with Gasteiger partial charge in [-0.2, -0.15) is 0 Å². The first-order valence-corrected chi connectivity index (χ1v) is 5.16. The van der Waals surface area contributed by atoms with Gasteiger partial charge in [-0.15, -0.1) is 0 Å². The summed E-state index contributed by atoms with van der Waals surface area (Å²) in [5.74, 6) is 0.754. The van der Waals surface area contributed by atoms with E-state index in [-0.39, 0.29) is 6.61 Å². The standard InChI is InChI=1S/C11H15ClO3/c1-15-11-5-3-9(12)6-8(11)2-4-10(14)7-13/h3,5-6,10,13-14H,2,4,7H2,1H3. The molecule has 0 fully saturated rings. The lowest BCUT2D eigenvalue weighted by Gasteiger charge is -2.10. The van der Waals surface area contributed by atoms with Gasteiger partial charge in [0.15, 0.2) is 0 Å². The summed E-state index contributed by atoms with van der Waals surface area (Å²) < 4.78 is 5.16. The number of benzene rings is 1. The number of aryl methyl sites for hydroxylation is 1. The van der Waals surface area contributed by atoms with E-state index in [0.717, 1.165) is 11.3 Å². The molecule has 1 aromatic rings. The SMILES string of the molecule is COc1ccc(Cl)cc1CCC(O)CO. The highest BCUT2D eigenvalue weighted by Gasteiger charge is 2.07. The molecule has 2 N–H and O–H groups in total. The highest BCUT2D eigenvalue weighted by molar-refractivity contribution is 6.30. The summed E-state index contributed by atoms with van der Waals surface area (Å²) in [6, 6.07) is 5.36. The van der Waals surface area contributed by atoms with Crippen LogP contribution in [0, 0.1) is 0 Å². The molecule has 0 aliphatic rings. The van der Waals surface area contributed by atoms with Crippen LogP contribution >= 0.6 is 11.6 Å². The van der Waals surface area contributed by atoms with Crippen LogP contribution < -0.4 is 4.74 Å². The van der Waals surface area contributed by atoms with Crippen LogP contribution in [0.5, 0.6) is 5.75 Å². The van der Waals surface area contributed by atoms with Crippen molar-refractivity contribution in [1.82, 2.24) is 0 Å². The Labute approximate surface area is 94.3 Å². The van der Waals surface area contributed by atoms with E-state index in [9.17, 15) is 5.11 Å². The number of hydrogen-bond acceptors (Lipinski definition) is 3. The lowest BCUT2D eigenvalue weighted by atomic mass is 10.1. The van der Waals surface area contributed by atoms with Crippen molar-refractivity contribution in [3.05, 3.63) is 28.8 Å². The largest absolute Gasteiger partial charge is 0.496 e. The molecule has 84 valence electrons. The molecule has 1 unspecified atom stereocenters. The van der Waals surface area contributed by atoms with Gasteiger partial charge in [0.05, 0.1) is 19.8 Å². The maximum atomic E-state index is 9.23. The van der Waals surface area contributed by atoms with Crippen molar-refractivity contribution in [3.8, 4) is 5.75 Å². The molecule has 0 radical (unpaired) electrons. The Balaban J connectivity index is 2.69. The van der Waals surface area contributed by atoms with Gasteiger partial charge in [-0.05, 0) is 36.6 Å². The van der Waals surface area contributed by atoms with Crippen molar-refractivity contribution in [2.45, 2.75) is 18.9 Å². The van der Waals surface area contributed by atoms with Crippen molar-refractivity contribution in [1.29, 1.82) is 0 Å². The third-order valence-electron chi connectivity index (χ3n) is 2.20. The van der Waals surface area contributed by atoms with Gasteiger partial charge >= 0.3 is 0 Å². The Morgan fingerprint density at radius 1 is 1.47 bits per heavy atom. The molecule has 0 aromatic heterocycles. The summed E-state index contributed by atoms with van der Waals surface area (Å²) >= 11 is 5.86. The summed E-state index contributed by atoms with van der Waals surface area (Å²) in [5, 5.41) is 18.6. The molecule has 1 atom stereocenters. The molecule has 4 heteroatoms. The number of hydrogen-bond donors (Lipinski definition) is 2. The van der Waals surface area contributed by atoms with Gasteiger partial charge in [0.1, 0.15) is 5.75 Å². The summed E-state index contributed by atoms with van der Waals surface area (Å²) in [6.45, 7) is -0.219. The van der Waals surface area contributed by atoms with Crippen LogP contribution in [-0.2, 0) is 6.42 Å². The molecule has 0 saturated heterocycles. The Morgan fingerprint density at radius 2 is 2.20 bits per heavy atom. The number of aliphatic hydroxyl groups excluding tert-OH is 2. The zero-order valence-corrected chi connectivity index (χ0v) is 9.37. The third kappa shape index (κ3) is 3.70. The maximum Gasteiger partial charge on any atom is 0.122 e. The van der Waals surface area contributed by atoms with E-state index < -0.39 is 6.10 Å². The molecule has 0 amide bonds. The van der Waals surface area contributed by atoms with Gasteiger partial charge in [-0.3, -0.25) is 0 Å². The first-order valence-electron chi connectivity index (χ1n) is 4.78. The van der Waals surface area contributed by atoms with E-state index in [0.29, 0.717) is 17.9 Å². The molecule has 0 bridgehead atoms. The van der Waals surface area contributed by atoms with Crippen LogP contribution in [0.4, 0.5) is 0 Å². The minimum Gasteiger partial charge on any atom is -0.496 e. The van der Waals surface area contributed by atoms with E-state index in [4.69, 9.17) is 21.4 Å². The molecule has 1 rings (SSSR count). The Morgan fingerprint density at radius 3 is 2.80 bits per heavy atom. The Bertz CT molecular complexity index is 315. The summed E-state index contributed by atoms with van der Waals surface area (Å²) in [4.78, 5) is 0. The zero-order valence-electron chi connectivity index (χ0n) is 8.61. The number of ether oxygens (including phenoxy) is 1. The molecule has 15 heavy (non-hydrogen) atoms. The topological polar surface area (TPSA) is 49.7 Å². The molecule has 1 aromatic carbocycles. The second-order valence-electron chi connectivity index (χ2n) is 3.33. The quantitative estimate of drug-likeness (QED) is 0.809. The van der Waals surface area contributed by atoms with E-state index >= 15 is 0 Å². The van der Waals surface area contributed by atoms with Crippen LogP contribution in [-0.4, -0.2) is 30.0 Å². The average molecular weight is 231 g/mol. The molecule has 0 saturated carbocycles. The summed E-state index contributed by atoms with van der Waals surface area (Å²) in [6.07, 6.45) is 0.437. The van der Waals surface area contributed by atoms with E-state index in [1.807, 2.05) is 6.07 Å². The predicted molar refractivity (Wildman–Crippen MR) is 59.4 cm³/mol. The third-order valence-corrected chi connectivity index (χ3v) is 2.44. The van der Waals surface area contributed by atoms with E-state index in [2.05, 4.69) is 0 Å². The van der Waals surface area contributed by atoms with Gasteiger partial charge < -0.3 is 14.9 Å². The smallest absolute Gasteiger partial charge is 0.122 e. The van der Waals surface area contributed by atoms with Crippen molar-refractivity contribution in [2.75, 3.05) is 13.7 Å². The summed E-state index contributed by atoms with van der Waals surface area (Å²) in [7, 11) is 1.59. The Hall–Kier alpha value is -0.770. The number of aliphatic hydroxyl groups is 2. The second kappa shape index (κ2) is 5.95. The Kier molecular flexibility index (Phi) is 4.88. The van der Waals surface area contributed by atoms with Crippen LogP contribution in [0.25, 0.3) is 0 Å². The molecular weight excluding hydrogens is 216 g/mol. The lowest BCUT2D eigenvalue weighted by Crippen LogP contribution is -2.12. The first kappa shape index (κ1) is 12.3. The fourth-order valence-corrected chi connectivity index (χ4v) is 1.55. The molecule has 3 nitrogen and oxygen atoms in total. The molecule has 0 aliphatic carbocycles. The molecule has 0 heterocycles. The van der Waals surface area contributed by atoms with Gasteiger partial charge in [-0.25, -0.2) is 0 Å². The maximum absolute atomic E-state index is 9.23. The zero-order chi connectivity index (χ0) is 11.3. The van der Waals surface area contributed by atoms with Crippen LogP contribution in [0.15, 0.2) is 18.2 Å². The minimum absolute atomic E-state index is 0.219. The van der Waals surface area contributed by atoms with Crippen LogP contribution in [0.2, 0.25) is 5.02 Å². The average Bonchev–Trinajstić information content (AvgIpc) is 2.26. The monoisotopic (exact) mass is 230 g/mol. The van der Waals surface area contributed by atoms with Crippen LogP contribution in [0.3, 0.4) is 0 Å². The second-order valence-corrected chi connectivity index (χ2v) is 3.77. The number of rotatable bonds is 5. The number of halogens is 1. The number of methoxy groups -OCH3 is 1. The highest BCUT2D eigenvalue weighted by Crippen LogP contribution is 2.24. The van der Waals surface area contributed by atoms with Crippen molar-refractivity contribution >= 4 is 11.6 Å². The van der Waals surface area contributed by atoms with Crippen LogP contribution in [0.1, 0.15) is 12.0 Å². The van der Waals surface area contributed by atoms with Gasteiger partial charge in [-0.1, -0.05) is 11.6 Å². The van der Waals surface area contributed by atoms with Crippen molar-refractivity contribution in [3.63, 3.8) is 0 Å². The van der Waals surface area contributed by atoms with Crippen molar-refractivity contribution in [2.24, 2.45) is 0 Å². The highest BCUT2D eigenvalue weighted by atomic mass is 35.5. The minimum atomic E-state index is -0.686.